The molecule has 2 fully saturated rings. The van der Waals surface area contributed by atoms with Crippen molar-refractivity contribution in [2.45, 2.75) is 83.7 Å². The van der Waals surface area contributed by atoms with Gasteiger partial charge in [-0.1, -0.05) is 0 Å². The minimum absolute atomic E-state index is 0.0420. The highest BCUT2D eigenvalue weighted by atomic mass is 32.2. The summed E-state index contributed by atoms with van der Waals surface area (Å²) in [6.07, 6.45) is -1.48. The third kappa shape index (κ3) is 5.06. The first-order valence-electron chi connectivity index (χ1n) is 11.7. The predicted octanol–water partition coefficient (Wildman–Crippen LogP) is 1.28. The number of carbonyl (C=O) groups excluding carboxylic acids is 2. The monoisotopic (exact) mass is 528 g/mol. The van der Waals surface area contributed by atoms with E-state index in [2.05, 4.69) is 10.3 Å². The summed E-state index contributed by atoms with van der Waals surface area (Å²) in [5.74, 6) is -0.858. The molecule has 12 nitrogen and oxygen atoms in total. The molecular weight excluding hydrogens is 492 g/mol. The molecule has 0 aliphatic carbocycles. The molecule has 1 aromatic heterocycles. The van der Waals surface area contributed by atoms with Gasteiger partial charge >= 0.3 is 11.7 Å². The summed E-state index contributed by atoms with van der Waals surface area (Å²) in [6, 6.07) is 1.42. The van der Waals surface area contributed by atoms with Crippen LogP contribution in [0.2, 0.25) is 0 Å². The van der Waals surface area contributed by atoms with Crippen LogP contribution in [0.1, 0.15) is 61.1 Å². The van der Waals surface area contributed by atoms with Crippen molar-refractivity contribution in [2.24, 2.45) is 5.41 Å². The van der Waals surface area contributed by atoms with E-state index in [1.165, 1.54) is 30.6 Å². The van der Waals surface area contributed by atoms with E-state index >= 15 is 0 Å². The van der Waals surface area contributed by atoms with Crippen LogP contribution in [0.15, 0.2) is 17.1 Å². The number of hydrogen-bond donors (Lipinski definition) is 1. The van der Waals surface area contributed by atoms with Gasteiger partial charge in [-0.25, -0.2) is 13.2 Å². The standard InChI is InChI=1S/C23H36N4O8S/c1-14(28)24-16-9-11-27(20(30)25-16)18-17(35-19(29)21(2,3)4)23(33-8)10-12-26(13-15(23)34-18)36(31,32)22(5,6)7/h9,11,15,17-18H,10,12-13H2,1-8H3,(H,24,25,28,30)/t15-,17+,18-,23-/m1/s1. The number of ether oxygens (including phenoxy) is 3. The van der Waals surface area contributed by atoms with Gasteiger partial charge in [0.05, 0.1) is 10.2 Å². The first kappa shape index (κ1) is 28.2. The Balaban J connectivity index is 2.06. The lowest BCUT2D eigenvalue weighted by Crippen LogP contribution is -2.62. The molecule has 13 heteroatoms. The second-order valence-corrected chi connectivity index (χ2v) is 13.9. The van der Waals surface area contributed by atoms with Crippen LogP contribution in [0.3, 0.4) is 0 Å². The Morgan fingerprint density at radius 3 is 2.36 bits per heavy atom. The fourth-order valence-corrected chi connectivity index (χ4v) is 5.77. The molecule has 3 heterocycles. The van der Waals surface area contributed by atoms with Crippen molar-refractivity contribution in [1.29, 1.82) is 0 Å². The van der Waals surface area contributed by atoms with Crippen molar-refractivity contribution in [2.75, 3.05) is 25.5 Å². The summed E-state index contributed by atoms with van der Waals surface area (Å²) < 4.78 is 45.9. The number of piperidine rings is 1. The lowest BCUT2D eigenvalue weighted by atomic mass is 9.85. The summed E-state index contributed by atoms with van der Waals surface area (Å²) in [4.78, 5) is 41.1. The Morgan fingerprint density at radius 2 is 1.86 bits per heavy atom. The molecule has 2 aliphatic rings. The second-order valence-electron chi connectivity index (χ2n) is 11.2. The van der Waals surface area contributed by atoms with Gasteiger partial charge in [-0.05, 0) is 54.0 Å². The van der Waals surface area contributed by atoms with Crippen LogP contribution in [-0.4, -0.2) is 76.9 Å². The molecule has 0 saturated carbocycles. The summed E-state index contributed by atoms with van der Waals surface area (Å²) in [5.41, 5.74) is -2.80. The number of sulfonamides is 1. The first-order chi connectivity index (χ1) is 16.4. The van der Waals surface area contributed by atoms with Crippen molar-refractivity contribution >= 4 is 27.7 Å². The van der Waals surface area contributed by atoms with Crippen molar-refractivity contribution in [3.05, 3.63) is 22.7 Å². The number of amides is 1. The lowest BCUT2D eigenvalue weighted by Gasteiger charge is -2.44. The van der Waals surface area contributed by atoms with Crippen molar-refractivity contribution in [3.63, 3.8) is 0 Å². The van der Waals surface area contributed by atoms with Crippen molar-refractivity contribution in [1.82, 2.24) is 13.9 Å². The average molecular weight is 529 g/mol. The van der Waals surface area contributed by atoms with Crippen LogP contribution in [0.25, 0.3) is 0 Å². The number of esters is 1. The summed E-state index contributed by atoms with van der Waals surface area (Å²) in [6.45, 7) is 11.3. The molecule has 0 unspecified atom stereocenters. The van der Waals surface area contributed by atoms with Gasteiger partial charge in [-0.2, -0.15) is 9.29 Å². The van der Waals surface area contributed by atoms with Gasteiger partial charge in [0.25, 0.3) is 0 Å². The van der Waals surface area contributed by atoms with Crippen LogP contribution in [0.4, 0.5) is 5.82 Å². The number of aromatic nitrogens is 2. The van der Waals surface area contributed by atoms with Crippen LogP contribution in [0.5, 0.6) is 0 Å². The molecule has 1 N–H and O–H groups in total. The maximum absolute atomic E-state index is 13.2. The minimum Gasteiger partial charge on any atom is -0.454 e. The molecule has 0 radical (unpaired) electrons. The SMILES string of the molecule is CO[C@]12CCN(S(=O)(=O)C(C)(C)C)C[C@H]1O[C@@H](n1ccc(NC(C)=O)nc1=O)[C@@H]2OC(=O)C(C)(C)C. The van der Waals surface area contributed by atoms with E-state index in [-0.39, 0.29) is 25.3 Å². The van der Waals surface area contributed by atoms with E-state index < -0.39 is 61.8 Å². The first-order valence-corrected chi connectivity index (χ1v) is 13.2. The minimum atomic E-state index is -3.68. The van der Waals surface area contributed by atoms with E-state index in [1.54, 1.807) is 41.5 Å². The topological polar surface area (TPSA) is 146 Å². The van der Waals surface area contributed by atoms with E-state index in [1.807, 2.05) is 0 Å². The highest BCUT2D eigenvalue weighted by molar-refractivity contribution is 7.90. The fraction of sp³-hybridized carbons (Fsp3) is 0.739. The largest absolute Gasteiger partial charge is 0.454 e. The summed E-state index contributed by atoms with van der Waals surface area (Å²) in [5, 5.41) is 2.44. The number of anilines is 1. The zero-order valence-corrected chi connectivity index (χ0v) is 22.8. The summed E-state index contributed by atoms with van der Waals surface area (Å²) in [7, 11) is -2.23. The highest BCUT2D eigenvalue weighted by Gasteiger charge is 2.63. The Labute approximate surface area is 211 Å². The number of rotatable bonds is 5. The Hall–Kier alpha value is -2.35. The molecule has 202 valence electrons. The van der Waals surface area contributed by atoms with E-state index in [0.717, 1.165) is 4.57 Å². The predicted molar refractivity (Wildman–Crippen MR) is 131 cm³/mol. The van der Waals surface area contributed by atoms with Gasteiger partial charge < -0.3 is 19.5 Å². The number of hydrogen-bond acceptors (Lipinski definition) is 9. The van der Waals surface area contributed by atoms with E-state index in [4.69, 9.17) is 14.2 Å². The second kappa shape index (κ2) is 9.51. The maximum Gasteiger partial charge on any atom is 0.351 e. The molecule has 4 atom stereocenters. The third-order valence-electron chi connectivity index (χ3n) is 6.46. The number of fused-ring (bicyclic) bond motifs is 1. The number of nitrogens with zero attached hydrogens (tertiary/aromatic N) is 3. The van der Waals surface area contributed by atoms with Gasteiger partial charge in [-0.3, -0.25) is 14.2 Å². The lowest BCUT2D eigenvalue weighted by molar-refractivity contribution is -0.182. The Morgan fingerprint density at radius 1 is 1.22 bits per heavy atom. The van der Waals surface area contributed by atoms with Crippen LogP contribution < -0.4 is 11.0 Å². The molecule has 2 aliphatic heterocycles. The van der Waals surface area contributed by atoms with Gasteiger partial charge in [0, 0.05) is 33.3 Å². The van der Waals surface area contributed by atoms with Gasteiger partial charge in [0.1, 0.15) is 17.5 Å². The number of nitrogens with one attached hydrogen (secondary N) is 1. The van der Waals surface area contributed by atoms with Crippen LogP contribution >= 0.6 is 0 Å². The molecule has 0 aromatic carbocycles. The van der Waals surface area contributed by atoms with Crippen molar-refractivity contribution < 1.29 is 32.2 Å². The van der Waals surface area contributed by atoms with E-state index in [9.17, 15) is 22.8 Å². The number of methoxy groups -OCH3 is 1. The van der Waals surface area contributed by atoms with Gasteiger partial charge in [-0.15, -0.1) is 0 Å². The van der Waals surface area contributed by atoms with Crippen molar-refractivity contribution in [3.8, 4) is 0 Å². The number of carbonyl (C=O) groups is 2. The highest BCUT2D eigenvalue weighted by Crippen LogP contribution is 2.47. The third-order valence-corrected chi connectivity index (χ3v) is 9.02. The smallest absolute Gasteiger partial charge is 0.351 e. The van der Waals surface area contributed by atoms with Gasteiger partial charge in [0.15, 0.2) is 12.3 Å². The molecule has 1 amide bonds. The Bertz CT molecular complexity index is 1180. The quantitative estimate of drug-likeness (QED) is 0.558. The molecule has 3 rings (SSSR count). The normalized spacial score (nSPS) is 27.4. The molecule has 1 aromatic rings. The molecular formula is C23H36N4O8S. The summed E-state index contributed by atoms with van der Waals surface area (Å²) >= 11 is 0. The fourth-order valence-electron chi connectivity index (χ4n) is 4.33. The molecule has 36 heavy (non-hydrogen) atoms. The zero-order valence-electron chi connectivity index (χ0n) is 22.0. The zero-order chi connectivity index (χ0) is 27.3. The Kier molecular flexibility index (Phi) is 7.45. The molecule has 0 spiro atoms. The molecule has 0 bridgehead atoms. The van der Waals surface area contributed by atoms with E-state index in [0.29, 0.717) is 0 Å². The van der Waals surface area contributed by atoms with Crippen LogP contribution in [-0.2, 0) is 33.8 Å². The average Bonchev–Trinajstić information content (AvgIpc) is 3.05. The maximum atomic E-state index is 13.2. The van der Waals surface area contributed by atoms with Crippen LogP contribution in [0, 0.1) is 5.41 Å². The van der Waals surface area contributed by atoms with Gasteiger partial charge in [0.2, 0.25) is 15.9 Å². The molecule has 2 saturated heterocycles.